The van der Waals surface area contributed by atoms with E-state index in [0.717, 1.165) is 18.1 Å². The molecular weight excluding hydrogens is 267 g/mol. The van der Waals surface area contributed by atoms with Crippen LogP contribution in [0.2, 0.25) is 0 Å². The van der Waals surface area contributed by atoms with E-state index in [9.17, 15) is 4.39 Å². The van der Waals surface area contributed by atoms with Crippen LogP contribution >= 0.6 is 0 Å². The van der Waals surface area contributed by atoms with Crippen molar-refractivity contribution in [3.63, 3.8) is 0 Å². The molecule has 1 aromatic rings. The lowest BCUT2D eigenvalue weighted by molar-refractivity contribution is 0.305. The molecule has 4 nitrogen and oxygen atoms in total. The minimum Gasteiger partial charge on any atom is -0.357 e. The number of halogens is 1. The minimum atomic E-state index is -0.222. The molecule has 0 bridgehead atoms. The first-order valence-electron chi connectivity index (χ1n) is 7.13. The smallest absolute Gasteiger partial charge is 0.191 e. The highest BCUT2D eigenvalue weighted by Gasteiger charge is 2.14. The second-order valence-corrected chi connectivity index (χ2v) is 4.92. The van der Waals surface area contributed by atoms with E-state index in [0.29, 0.717) is 13.1 Å². The summed E-state index contributed by atoms with van der Waals surface area (Å²) in [6, 6.07) is 6.69. The fourth-order valence-electron chi connectivity index (χ4n) is 1.97. The molecule has 21 heavy (non-hydrogen) atoms. The van der Waals surface area contributed by atoms with Gasteiger partial charge in [0, 0.05) is 13.1 Å². The summed E-state index contributed by atoms with van der Waals surface area (Å²) >= 11 is 0. The van der Waals surface area contributed by atoms with E-state index in [1.807, 2.05) is 32.0 Å². The zero-order chi connectivity index (χ0) is 15.7. The van der Waals surface area contributed by atoms with Crippen LogP contribution in [0.4, 0.5) is 4.39 Å². The largest absolute Gasteiger partial charge is 0.357 e. The van der Waals surface area contributed by atoms with Crippen molar-refractivity contribution in [1.29, 1.82) is 0 Å². The summed E-state index contributed by atoms with van der Waals surface area (Å²) in [6.07, 6.45) is 1.78. The normalized spacial score (nSPS) is 13.1. The lowest BCUT2D eigenvalue weighted by atomic mass is 10.1. The van der Waals surface area contributed by atoms with Crippen LogP contribution in [-0.4, -0.2) is 44.6 Å². The zero-order valence-corrected chi connectivity index (χ0v) is 13.1. The van der Waals surface area contributed by atoms with Crippen LogP contribution in [0.1, 0.15) is 18.5 Å². The van der Waals surface area contributed by atoms with Gasteiger partial charge >= 0.3 is 0 Å². The molecule has 0 fully saturated rings. The van der Waals surface area contributed by atoms with Crippen LogP contribution in [-0.2, 0) is 0 Å². The highest BCUT2D eigenvalue weighted by atomic mass is 19.1. The van der Waals surface area contributed by atoms with Crippen molar-refractivity contribution in [2.45, 2.75) is 13.0 Å². The summed E-state index contributed by atoms with van der Waals surface area (Å²) in [5.41, 5.74) is 0.920. The molecule has 0 saturated heterocycles. The Morgan fingerprint density at radius 3 is 2.76 bits per heavy atom. The molecule has 1 atom stereocenters. The predicted octanol–water partition coefficient (Wildman–Crippen LogP) is 2.17. The first-order chi connectivity index (χ1) is 10.1. The fraction of sp³-hybridized carbons (Fsp3) is 0.438. The molecule has 0 spiro atoms. The number of likely N-dealkylation sites (N-methyl/N-ethyl adjacent to an activating group) is 1. The molecule has 0 aromatic heterocycles. The van der Waals surface area contributed by atoms with Crippen molar-refractivity contribution in [2.75, 3.05) is 33.7 Å². The summed E-state index contributed by atoms with van der Waals surface area (Å²) < 4.78 is 13.4. The monoisotopic (exact) mass is 292 g/mol. The van der Waals surface area contributed by atoms with E-state index in [1.165, 1.54) is 6.07 Å². The molecule has 0 saturated carbocycles. The Balaban J connectivity index is 2.84. The summed E-state index contributed by atoms with van der Waals surface area (Å²) in [5.74, 6) is 0.515. The molecule has 1 rings (SSSR count). The Bertz CT molecular complexity index is 471. The van der Waals surface area contributed by atoms with Crippen LogP contribution in [0.3, 0.4) is 0 Å². The van der Waals surface area contributed by atoms with Gasteiger partial charge in [-0.05, 0) is 38.7 Å². The van der Waals surface area contributed by atoms with Crippen LogP contribution < -0.4 is 10.6 Å². The molecule has 0 aliphatic heterocycles. The Hall–Kier alpha value is -1.88. The van der Waals surface area contributed by atoms with Gasteiger partial charge in [-0.3, -0.25) is 4.99 Å². The SMILES string of the molecule is C=CCNC(=NCC(c1cccc(F)c1)N(C)C)NCC. The molecule has 1 aromatic carbocycles. The number of aliphatic imine (C=N–C) groups is 1. The molecule has 0 amide bonds. The number of guanidine groups is 1. The van der Waals surface area contributed by atoms with Crippen LogP contribution in [0, 0.1) is 5.82 Å². The average molecular weight is 292 g/mol. The van der Waals surface area contributed by atoms with Gasteiger partial charge in [-0.25, -0.2) is 4.39 Å². The van der Waals surface area contributed by atoms with Crippen molar-refractivity contribution in [1.82, 2.24) is 15.5 Å². The minimum absolute atomic E-state index is 0.0277. The third-order valence-electron chi connectivity index (χ3n) is 3.04. The molecular formula is C16H25FN4. The molecule has 0 radical (unpaired) electrons. The average Bonchev–Trinajstić information content (AvgIpc) is 2.44. The van der Waals surface area contributed by atoms with E-state index < -0.39 is 0 Å². The zero-order valence-electron chi connectivity index (χ0n) is 13.1. The molecule has 1 unspecified atom stereocenters. The lowest BCUT2D eigenvalue weighted by Gasteiger charge is -2.23. The summed E-state index contributed by atoms with van der Waals surface area (Å²) in [7, 11) is 3.93. The number of nitrogens with one attached hydrogen (secondary N) is 2. The molecule has 116 valence electrons. The maximum Gasteiger partial charge on any atom is 0.191 e. The Kier molecular flexibility index (Phi) is 7.46. The van der Waals surface area contributed by atoms with Crippen molar-refractivity contribution in [3.8, 4) is 0 Å². The van der Waals surface area contributed by atoms with Gasteiger partial charge in [0.2, 0.25) is 0 Å². The number of benzene rings is 1. The third kappa shape index (κ3) is 5.95. The van der Waals surface area contributed by atoms with E-state index in [2.05, 4.69) is 22.2 Å². The van der Waals surface area contributed by atoms with Crippen LogP contribution in [0.5, 0.6) is 0 Å². The van der Waals surface area contributed by atoms with Gasteiger partial charge in [0.05, 0.1) is 12.6 Å². The number of hydrogen-bond acceptors (Lipinski definition) is 2. The maximum atomic E-state index is 13.4. The van der Waals surface area contributed by atoms with Gasteiger partial charge < -0.3 is 15.5 Å². The maximum absolute atomic E-state index is 13.4. The third-order valence-corrected chi connectivity index (χ3v) is 3.04. The predicted molar refractivity (Wildman–Crippen MR) is 87.0 cm³/mol. The summed E-state index contributed by atoms with van der Waals surface area (Å²) in [5, 5.41) is 6.33. The highest BCUT2D eigenvalue weighted by Crippen LogP contribution is 2.19. The van der Waals surface area contributed by atoms with E-state index in [1.54, 1.807) is 18.2 Å². The first kappa shape index (κ1) is 17.2. The standard InChI is InChI=1S/C16H25FN4/c1-5-10-19-16(18-6-2)20-12-15(21(3)4)13-8-7-9-14(17)11-13/h5,7-9,11,15H,1,6,10,12H2,2-4H3,(H2,18,19,20). The lowest BCUT2D eigenvalue weighted by Crippen LogP contribution is -2.38. The van der Waals surface area contributed by atoms with Gasteiger partial charge in [-0.2, -0.15) is 0 Å². The fourth-order valence-corrected chi connectivity index (χ4v) is 1.97. The number of nitrogens with zero attached hydrogens (tertiary/aromatic N) is 2. The Labute approximate surface area is 126 Å². The van der Waals surface area contributed by atoms with Crippen molar-refractivity contribution < 1.29 is 4.39 Å². The number of rotatable bonds is 7. The van der Waals surface area contributed by atoms with Gasteiger partial charge in [-0.15, -0.1) is 6.58 Å². The Morgan fingerprint density at radius 1 is 1.43 bits per heavy atom. The van der Waals surface area contributed by atoms with E-state index in [-0.39, 0.29) is 11.9 Å². The number of hydrogen-bond donors (Lipinski definition) is 2. The summed E-state index contributed by atoms with van der Waals surface area (Å²) in [6.45, 7) is 7.68. The first-order valence-corrected chi connectivity index (χ1v) is 7.13. The van der Waals surface area contributed by atoms with Gasteiger partial charge in [0.1, 0.15) is 5.82 Å². The van der Waals surface area contributed by atoms with Gasteiger partial charge in [-0.1, -0.05) is 18.2 Å². The van der Waals surface area contributed by atoms with E-state index >= 15 is 0 Å². The molecule has 0 aliphatic rings. The second-order valence-electron chi connectivity index (χ2n) is 4.92. The highest BCUT2D eigenvalue weighted by molar-refractivity contribution is 5.79. The quantitative estimate of drug-likeness (QED) is 0.460. The molecule has 2 N–H and O–H groups in total. The topological polar surface area (TPSA) is 39.7 Å². The van der Waals surface area contributed by atoms with Gasteiger partial charge in [0.25, 0.3) is 0 Å². The second kappa shape index (κ2) is 9.13. The van der Waals surface area contributed by atoms with Gasteiger partial charge in [0.15, 0.2) is 5.96 Å². The molecule has 5 heteroatoms. The van der Waals surface area contributed by atoms with Crippen molar-refractivity contribution in [2.24, 2.45) is 4.99 Å². The van der Waals surface area contributed by atoms with Crippen molar-refractivity contribution >= 4 is 5.96 Å². The van der Waals surface area contributed by atoms with E-state index in [4.69, 9.17) is 0 Å². The molecule has 0 aliphatic carbocycles. The summed E-state index contributed by atoms with van der Waals surface area (Å²) in [4.78, 5) is 6.60. The Morgan fingerprint density at radius 2 is 2.19 bits per heavy atom. The van der Waals surface area contributed by atoms with Crippen molar-refractivity contribution in [3.05, 3.63) is 48.3 Å². The van der Waals surface area contributed by atoms with Crippen LogP contribution in [0.15, 0.2) is 41.9 Å². The van der Waals surface area contributed by atoms with Crippen LogP contribution in [0.25, 0.3) is 0 Å². The molecule has 0 heterocycles.